The monoisotopic (exact) mass is 251 g/mol. The van der Waals surface area contributed by atoms with Gasteiger partial charge < -0.3 is 4.57 Å². The highest BCUT2D eigenvalue weighted by Crippen LogP contribution is 2.60. The maximum atomic E-state index is 13.4. The van der Waals surface area contributed by atoms with Crippen molar-refractivity contribution in [3.8, 4) is 0 Å². The molecule has 1 aliphatic heterocycles. The standard InChI is InChI=1S/C14H22NOP/c1-11(2)17(16)13-9-7-6-8-12(13)10-15(17)14(3,4)5/h6-9,11H,10H2,1-5H3. The minimum Gasteiger partial charge on any atom is -0.301 e. The number of fused-ring (bicyclic) bond motifs is 1. The third-order valence-corrected chi connectivity index (χ3v) is 7.48. The van der Waals surface area contributed by atoms with Crippen LogP contribution in [0, 0.1) is 0 Å². The largest absolute Gasteiger partial charge is 0.301 e. The lowest BCUT2D eigenvalue weighted by Gasteiger charge is -2.38. The van der Waals surface area contributed by atoms with Crippen LogP contribution in [0.5, 0.6) is 0 Å². The lowest BCUT2D eigenvalue weighted by atomic mass is 10.1. The number of rotatable bonds is 1. The first-order valence-electron chi connectivity index (χ1n) is 6.24. The smallest absolute Gasteiger partial charge is 0.182 e. The van der Waals surface area contributed by atoms with Gasteiger partial charge in [0.25, 0.3) is 0 Å². The third-order valence-electron chi connectivity index (χ3n) is 3.49. The van der Waals surface area contributed by atoms with Crippen LogP contribution in [0.15, 0.2) is 24.3 Å². The maximum absolute atomic E-state index is 13.4. The van der Waals surface area contributed by atoms with E-state index in [2.05, 4.69) is 45.4 Å². The van der Waals surface area contributed by atoms with E-state index in [-0.39, 0.29) is 11.2 Å². The van der Waals surface area contributed by atoms with Crippen molar-refractivity contribution < 1.29 is 4.57 Å². The summed E-state index contributed by atoms with van der Waals surface area (Å²) in [6, 6.07) is 8.19. The van der Waals surface area contributed by atoms with Crippen molar-refractivity contribution in [2.45, 2.75) is 52.4 Å². The summed E-state index contributed by atoms with van der Waals surface area (Å²) < 4.78 is 15.6. The molecule has 0 fully saturated rings. The third kappa shape index (κ3) is 1.88. The van der Waals surface area contributed by atoms with Crippen LogP contribution in [0.2, 0.25) is 0 Å². The molecule has 17 heavy (non-hydrogen) atoms. The molecule has 0 bridgehead atoms. The van der Waals surface area contributed by atoms with Crippen molar-refractivity contribution in [2.75, 3.05) is 0 Å². The van der Waals surface area contributed by atoms with Gasteiger partial charge in [-0.25, -0.2) is 4.67 Å². The minimum absolute atomic E-state index is 0.0567. The van der Waals surface area contributed by atoms with Gasteiger partial charge in [-0.05, 0) is 32.4 Å². The number of nitrogens with zero attached hydrogens (tertiary/aromatic N) is 1. The molecule has 94 valence electrons. The van der Waals surface area contributed by atoms with Gasteiger partial charge in [0.05, 0.1) is 0 Å². The fourth-order valence-corrected chi connectivity index (χ4v) is 6.08. The Morgan fingerprint density at radius 3 is 2.35 bits per heavy atom. The molecule has 3 heteroatoms. The molecule has 1 atom stereocenters. The van der Waals surface area contributed by atoms with Gasteiger partial charge >= 0.3 is 0 Å². The van der Waals surface area contributed by atoms with Gasteiger partial charge in [0.15, 0.2) is 7.29 Å². The molecular formula is C14H22NOP. The van der Waals surface area contributed by atoms with E-state index in [1.165, 1.54) is 5.56 Å². The van der Waals surface area contributed by atoms with E-state index < -0.39 is 7.29 Å². The summed E-state index contributed by atoms with van der Waals surface area (Å²) in [4.78, 5) is 0. The lowest BCUT2D eigenvalue weighted by Crippen LogP contribution is -2.38. The summed E-state index contributed by atoms with van der Waals surface area (Å²) in [5, 5.41) is 1.07. The Morgan fingerprint density at radius 2 is 1.82 bits per heavy atom. The molecule has 0 aromatic heterocycles. The summed E-state index contributed by atoms with van der Waals surface area (Å²) in [6.07, 6.45) is 0. The van der Waals surface area contributed by atoms with E-state index >= 15 is 0 Å². The Kier molecular flexibility index (Phi) is 3.00. The predicted molar refractivity (Wildman–Crippen MR) is 74.1 cm³/mol. The molecule has 1 aromatic rings. The fraction of sp³-hybridized carbons (Fsp3) is 0.571. The van der Waals surface area contributed by atoms with Gasteiger partial charge in [-0.1, -0.05) is 32.0 Å². The SMILES string of the molecule is CC(C)P1(=O)c2ccccc2CN1C(C)(C)C. The van der Waals surface area contributed by atoms with Gasteiger partial charge in [0, 0.05) is 23.0 Å². The van der Waals surface area contributed by atoms with Crippen LogP contribution in [0.3, 0.4) is 0 Å². The average Bonchev–Trinajstić information content (AvgIpc) is 2.54. The van der Waals surface area contributed by atoms with Crippen LogP contribution in [-0.4, -0.2) is 15.9 Å². The zero-order chi connectivity index (χ0) is 12.8. The minimum atomic E-state index is -2.43. The van der Waals surface area contributed by atoms with Crippen LogP contribution in [-0.2, 0) is 11.1 Å². The molecule has 0 radical (unpaired) electrons. The Labute approximate surface area is 104 Å². The van der Waals surface area contributed by atoms with Crippen LogP contribution >= 0.6 is 7.29 Å². The van der Waals surface area contributed by atoms with Crippen LogP contribution in [0.1, 0.15) is 40.2 Å². The predicted octanol–water partition coefficient (Wildman–Crippen LogP) is 3.61. The summed E-state index contributed by atoms with van der Waals surface area (Å²) >= 11 is 0. The van der Waals surface area contributed by atoms with Crippen molar-refractivity contribution in [1.82, 2.24) is 4.67 Å². The summed E-state index contributed by atoms with van der Waals surface area (Å²) in [6.45, 7) is 11.4. The fourth-order valence-electron chi connectivity index (χ4n) is 2.59. The Bertz CT molecular complexity index is 473. The topological polar surface area (TPSA) is 20.3 Å². The van der Waals surface area contributed by atoms with Crippen molar-refractivity contribution in [1.29, 1.82) is 0 Å². The normalized spacial score (nSPS) is 25.3. The second kappa shape index (κ2) is 3.96. The molecule has 0 N–H and O–H groups in total. The summed E-state index contributed by atoms with van der Waals surface area (Å²) in [7, 11) is -2.43. The zero-order valence-corrected chi connectivity index (χ0v) is 12.3. The Hall–Kier alpha value is -0.590. The molecule has 0 amide bonds. The summed E-state index contributed by atoms with van der Waals surface area (Å²) in [5.74, 6) is 0. The van der Waals surface area contributed by atoms with E-state index in [9.17, 15) is 4.57 Å². The molecule has 2 nitrogen and oxygen atoms in total. The summed E-state index contributed by atoms with van der Waals surface area (Å²) in [5.41, 5.74) is 1.35. The van der Waals surface area contributed by atoms with E-state index in [1.807, 2.05) is 18.2 Å². The van der Waals surface area contributed by atoms with E-state index in [4.69, 9.17) is 0 Å². The van der Waals surface area contributed by atoms with Gasteiger partial charge in [0.2, 0.25) is 0 Å². The highest BCUT2D eigenvalue weighted by atomic mass is 31.2. The molecule has 0 saturated heterocycles. The first-order valence-corrected chi connectivity index (χ1v) is 7.97. The highest BCUT2D eigenvalue weighted by molar-refractivity contribution is 7.70. The zero-order valence-electron chi connectivity index (χ0n) is 11.4. The molecular weight excluding hydrogens is 229 g/mol. The lowest BCUT2D eigenvalue weighted by molar-refractivity contribution is 0.248. The average molecular weight is 251 g/mol. The molecule has 0 saturated carbocycles. The number of benzene rings is 1. The van der Waals surface area contributed by atoms with Crippen molar-refractivity contribution >= 4 is 12.6 Å². The highest BCUT2D eigenvalue weighted by Gasteiger charge is 2.47. The van der Waals surface area contributed by atoms with Gasteiger partial charge in [0.1, 0.15) is 0 Å². The van der Waals surface area contributed by atoms with Crippen LogP contribution in [0.4, 0.5) is 0 Å². The molecule has 0 aliphatic carbocycles. The van der Waals surface area contributed by atoms with E-state index in [0.717, 1.165) is 11.8 Å². The van der Waals surface area contributed by atoms with Crippen LogP contribution < -0.4 is 5.30 Å². The van der Waals surface area contributed by atoms with E-state index in [0.29, 0.717) is 0 Å². The van der Waals surface area contributed by atoms with Crippen molar-refractivity contribution in [2.24, 2.45) is 0 Å². The molecule has 0 spiro atoms. The first kappa shape index (κ1) is 12.9. The molecule has 2 rings (SSSR count). The first-order chi connectivity index (χ1) is 7.78. The van der Waals surface area contributed by atoms with Gasteiger partial charge in [-0.2, -0.15) is 0 Å². The quantitative estimate of drug-likeness (QED) is 0.711. The Morgan fingerprint density at radius 1 is 1.24 bits per heavy atom. The molecule has 1 heterocycles. The molecule has 1 unspecified atom stereocenters. The Balaban J connectivity index is 2.61. The van der Waals surface area contributed by atoms with Crippen LogP contribution in [0.25, 0.3) is 0 Å². The van der Waals surface area contributed by atoms with Gasteiger partial charge in [-0.3, -0.25) is 0 Å². The van der Waals surface area contributed by atoms with Gasteiger partial charge in [-0.15, -0.1) is 0 Å². The second-order valence-electron chi connectivity index (χ2n) is 6.07. The number of hydrogen-bond donors (Lipinski definition) is 0. The van der Waals surface area contributed by atoms with Crippen molar-refractivity contribution in [3.63, 3.8) is 0 Å². The van der Waals surface area contributed by atoms with E-state index in [1.54, 1.807) is 0 Å². The number of hydrogen-bond acceptors (Lipinski definition) is 1. The maximum Gasteiger partial charge on any atom is 0.182 e. The van der Waals surface area contributed by atoms with Crippen molar-refractivity contribution in [3.05, 3.63) is 29.8 Å². The second-order valence-corrected chi connectivity index (χ2v) is 9.32. The molecule has 1 aliphatic rings. The molecule has 1 aromatic carbocycles.